The van der Waals surface area contributed by atoms with E-state index in [2.05, 4.69) is 30.3 Å². The van der Waals surface area contributed by atoms with Crippen LogP contribution in [0.25, 0.3) is 0 Å². The maximum atomic E-state index is 6.35. The van der Waals surface area contributed by atoms with Crippen LogP contribution in [0.5, 0.6) is 0 Å². The van der Waals surface area contributed by atoms with Gasteiger partial charge in [0.05, 0.1) is 23.0 Å². The Labute approximate surface area is 136 Å². The molecule has 114 valence electrons. The summed E-state index contributed by atoms with van der Waals surface area (Å²) in [4.78, 5) is 0. The summed E-state index contributed by atoms with van der Waals surface area (Å²) in [6.07, 6.45) is 3.63. The molecule has 0 saturated carbocycles. The lowest BCUT2D eigenvalue weighted by molar-refractivity contribution is 0.479. The quantitative estimate of drug-likeness (QED) is 0.812. The molecule has 1 unspecified atom stereocenters. The third-order valence-electron chi connectivity index (χ3n) is 3.43. The van der Waals surface area contributed by atoms with Gasteiger partial charge in [0.25, 0.3) is 0 Å². The lowest BCUT2D eigenvalue weighted by Crippen LogP contribution is -2.27. The first kappa shape index (κ1) is 16.3. The van der Waals surface area contributed by atoms with E-state index in [1.807, 2.05) is 22.9 Å². The summed E-state index contributed by atoms with van der Waals surface area (Å²) in [6, 6.07) is 8.10. The van der Waals surface area contributed by atoms with Crippen molar-refractivity contribution >= 4 is 23.2 Å². The predicted molar refractivity (Wildman–Crippen MR) is 89.1 cm³/mol. The van der Waals surface area contributed by atoms with Crippen molar-refractivity contribution in [3.05, 3.63) is 51.8 Å². The largest absolute Gasteiger partial charge is 0.308 e. The van der Waals surface area contributed by atoms with Gasteiger partial charge in [0, 0.05) is 11.6 Å². The number of halogens is 2. The molecule has 1 aromatic carbocycles. The molecule has 0 aliphatic heterocycles. The van der Waals surface area contributed by atoms with Crippen LogP contribution in [0.1, 0.15) is 37.6 Å². The second-order valence-corrected chi connectivity index (χ2v) is 5.88. The molecule has 0 radical (unpaired) electrons. The van der Waals surface area contributed by atoms with Gasteiger partial charge in [-0.25, -0.2) is 0 Å². The van der Waals surface area contributed by atoms with Crippen LogP contribution in [0.4, 0.5) is 0 Å². The maximum absolute atomic E-state index is 6.35. The molecule has 0 saturated heterocycles. The zero-order valence-corrected chi connectivity index (χ0v) is 14.0. The van der Waals surface area contributed by atoms with Gasteiger partial charge >= 0.3 is 0 Å². The molecule has 1 atom stereocenters. The Morgan fingerprint density at radius 1 is 1.29 bits per heavy atom. The number of nitrogens with one attached hydrogen (secondary N) is 1. The molecule has 1 heterocycles. The molecule has 0 fully saturated rings. The summed E-state index contributed by atoms with van der Waals surface area (Å²) in [5.74, 6) is 0. The van der Waals surface area contributed by atoms with Gasteiger partial charge < -0.3 is 5.32 Å². The molecule has 0 amide bonds. The maximum Gasteiger partial charge on any atom is 0.0834 e. The molecule has 0 aliphatic carbocycles. The van der Waals surface area contributed by atoms with E-state index in [1.165, 1.54) is 5.56 Å². The molecule has 2 rings (SSSR count). The summed E-state index contributed by atoms with van der Waals surface area (Å²) >= 11 is 12.4. The van der Waals surface area contributed by atoms with Crippen molar-refractivity contribution in [1.82, 2.24) is 15.1 Å². The van der Waals surface area contributed by atoms with E-state index in [-0.39, 0.29) is 6.04 Å². The Balaban J connectivity index is 2.27. The summed E-state index contributed by atoms with van der Waals surface area (Å²) in [6.45, 7) is 5.98. The number of aromatic nitrogens is 2. The number of hydrogen-bond donors (Lipinski definition) is 1. The summed E-state index contributed by atoms with van der Waals surface area (Å²) in [5, 5.41) is 9.38. The van der Waals surface area contributed by atoms with Gasteiger partial charge in [0.1, 0.15) is 0 Å². The van der Waals surface area contributed by atoms with Crippen molar-refractivity contribution in [3.63, 3.8) is 0 Å². The van der Waals surface area contributed by atoms with Crippen molar-refractivity contribution < 1.29 is 0 Å². The Morgan fingerprint density at radius 3 is 2.76 bits per heavy atom. The number of aryl methyl sites for hydroxylation is 1. The number of benzene rings is 1. The van der Waals surface area contributed by atoms with Gasteiger partial charge in [0.2, 0.25) is 0 Å². The Hall–Kier alpha value is -1.03. The molecule has 0 spiro atoms. The number of hydrogen-bond acceptors (Lipinski definition) is 2. The average molecular weight is 326 g/mol. The predicted octanol–water partition coefficient (Wildman–Crippen LogP) is 4.49. The molecule has 1 aromatic heterocycles. The molecule has 2 aromatic rings. The molecule has 0 bridgehead atoms. The third-order valence-corrected chi connectivity index (χ3v) is 3.96. The van der Waals surface area contributed by atoms with Crippen molar-refractivity contribution in [2.75, 3.05) is 6.54 Å². The number of nitrogens with zero attached hydrogens (tertiary/aromatic N) is 2. The van der Waals surface area contributed by atoms with Gasteiger partial charge in [-0.1, -0.05) is 42.3 Å². The van der Waals surface area contributed by atoms with Crippen LogP contribution >= 0.6 is 23.2 Å². The number of rotatable bonds is 7. The van der Waals surface area contributed by atoms with Crippen molar-refractivity contribution in [1.29, 1.82) is 0 Å². The average Bonchev–Trinajstić information content (AvgIpc) is 2.84. The van der Waals surface area contributed by atoms with Crippen LogP contribution in [0.2, 0.25) is 10.0 Å². The van der Waals surface area contributed by atoms with E-state index in [9.17, 15) is 0 Å². The minimum atomic E-state index is 0.137. The molecule has 0 aliphatic rings. The van der Waals surface area contributed by atoms with Crippen LogP contribution in [-0.2, 0) is 13.0 Å². The lowest BCUT2D eigenvalue weighted by atomic mass is 10.0. The highest BCUT2D eigenvalue weighted by Crippen LogP contribution is 2.26. The van der Waals surface area contributed by atoms with Crippen LogP contribution in [-0.4, -0.2) is 16.3 Å². The highest BCUT2D eigenvalue weighted by atomic mass is 35.5. The second-order valence-electron chi connectivity index (χ2n) is 5.03. The smallest absolute Gasteiger partial charge is 0.0834 e. The zero-order chi connectivity index (χ0) is 15.2. The highest BCUT2D eigenvalue weighted by Gasteiger charge is 2.20. The standard InChI is InChI=1S/C16H21Cl2N3/c1-3-8-19-15(10-12-6-5-7-13(17)9-12)16-14(18)11-20-21(16)4-2/h5-7,9,11,15,19H,3-4,8,10H2,1-2H3. The first-order valence-electron chi connectivity index (χ1n) is 7.34. The molecule has 3 nitrogen and oxygen atoms in total. The van der Waals surface area contributed by atoms with Gasteiger partial charge in [-0.2, -0.15) is 5.10 Å². The fraction of sp³-hybridized carbons (Fsp3) is 0.438. The highest BCUT2D eigenvalue weighted by molar-refractivity contribution is 6.31. The minimum Gasteiger partial charge on any atom is -0.308 e. The van der Waals surface area contributed by atoms with Crippen molar-refractivity contribution in [2.24, 2.45) is 0 Å². The molecular weight excluding hydrogens is 305 g/mol. The fourth-order valence-electron chi connectivity index (χ4n) is 2.45. The Morgan fingerprint density at radius 2 is 2.10 bits per heavy atom. The monoisotopic (exact) mass is 325 g/mol. The normalized spacial score (nSPS) is 12.6. The molecular formula is C16H21Cl2N3. The van der Waals surface area contributed by atoms with Crippen LogP contribution in [0.15, 0.2) is 30.5 Å². The van der Waals surface area contributed by atoms with E-state index in [4.69, 9.17) is 23.2 Å². The van der Waals surface area contributed by atoms with Gasteiger partial charge in [-0.05, 0) is 44.0 Å². The molecule has 5 heteroatoms. The summed E-state index contributed by atoms with van der Waals surface area (Å²) in [7, 11) is 0. The van der Waals surface area contributed by atoms with E-state index in [0.29, 0.717) is 5.02 Å². The van der Waals surface area contributed by atoms with Crippen LogP contribution < -0.4 is 5.32 Å². The molecule has 21 heavy (non-hydrogen) atoms. The van der Waals surface area contributed by atoms with Crippen molar-refractivity contribution in [2.45, 2.75) is 39.3 Å². The lowest BCUT2D eigenvalue weighted by Gasteiger charge is -2.20. The van der Waals surface area contributed by atoms with Crippen molar-refractivity contribution in [3.8, 4) is 0 Å². The van der Waals surface area contributed by atoms with E-state index < -0.39 is 0 Å². The SMILES string of the molecule is CCCNC(Cc1cccc(Cl)c1)c1c(Cl)cnn1CC. The third kappa shape index (κ3) is 4.22. The summed E-state index contributed by atoms with van der Waals surface area (Å²) < 4.78 is 1.96. The van der Waals surface area contributed by atoms with E-state index in [0.717, 1.165) is 36.6 Å². The van der Waals surface area contributed by atoms with Gasteiger partial charge in [0.15, 0.2) is 0 Å². The van der Waals surface area contributed by atoms with Gasteiger partial charge in [-0.15, -0.1) is 0 Å². The minimum absolute atomic E-state index is 0.137. The van der Waals surface area contributed by atoms with E-state index >= 15 is 0 Å². The Bertz CT molecular complexity index is 581. The summed E-state index contributed by atoms with van der Waals surface area (Å²) in [5.41, 5.74) is 2.24. The van der Waals surface area contributed by atoms with Gasteiger partial charge in [-0.3, -0.25) is 4.68 Å². The van der Waals surface area contributed by atoms with Crippen LogP contribution in [0.3, 0.4) is 0 Å². The topological polar surface area (TPSA) is 29.9 Å². The first-order chi connectivity index (χ1) is 10.2. The molecule has 1 N–H and O–H groups in total. The second kappa shape index (κ2) is 7.83. The zero-order valence-electron chi connectivity index (χ0n) is 12.4. The first-order valence-corrected chi connectivity index (χ1v) is 8.10. The van der Waals surface area contributed by atoms with E-state index in [1.54, 1.807) is 6.20 Å². The fourth-order valence-corrected chi connectivity index (χ4v) is 2.94. The Kier molecular flexibility index (Phi) is 6.09. The van der Waals surface area contributed by atoms with Crippen LogP contribution in [0, 0.1) is 0 Å².